The van der Waals surface area contributed by atoms with Crippen molar-refractivity contribution in [1.29, 1.82) is 0 Å². The molecule has 3 rings (SSSR count). The summed E-state index contributed by atoms with van der Waals surface area (Å²) in [7, 11) is 0. The molecule has 0 saturated carbocycles. The van der Waals surface area contributed by atoms with E-state index in [0.717, 1.165) is 37.9 Å². The molecule has 2 aromatic rings. The molecular formula is C17H21N3O. The largest absolute Gasteiger partial charge is 0.356 e. The molecule has 0 bridgehead atoms. The Morgan fingerprint density at radius 3 is 2.67 bits per heavy atom. The lowest BCUT2D eigenvalue weighted by molar-refractivity contribution is -0.124. The Labute approximate surface area is 125 Å². The van der Waals surface area contributed by atoms with Gasteiger partial charge in [0.15, 0.2) is 0 Å². The summed E-state index contributed by atoms with van der Waals surface area (Å²) >= 11 is 0. The number of rotatable bonds is 5. The number of benzene rings is 1. The predicted octanol–water partition coefficient (Wildman–Crippen LogP) is 2.18. The van der Waals surface area contributed by atoms with Crippen molar-refractivity contribution in [3.05, 3.63) is 52.8 Å². The van der Waals surface area contributed by atoms with E-state index in [0.29, 0.717) is 0 Å². The van der Waals surface area contributed by atoms with Crippen molar-refractivity contribution in [3.8, 4) is 0 Å². The monoisotopic (exact) mass is 283 g/mol. The van der Waals surface area contributed by atoms with Crippen molar-refractivity contribution in [2.24, 2.45) is 5.92 Å². The third kappa shape index (κ3) is 3.15. The third-order valence-corrected chi connectivity index (χ3v) is 4.28. The number of nitrogens with zero attached hydrogens (tertiary/aromatic N) is 1. The molecule has 0 atom stereocenters. The van der Waals surface area contributed by atoms with Crippen LogP contribution in [0.1, 0.15) is 28.8 Å². The number of fused-ring (bicyclic) bond motifs is 1. The number of nitrogens with one attached hydrogen (secondary N) is 2. The minimum atomic E-state index is 0.109. The predicted molar refractivity (Wildman–Crippen MR) is 82.0 cm³/mol. The van der Waals surface area contributed by atoms with E-state index in [-0.39, 0.29) is 11.8 Å². The number of H-pyrrole nitrogens is 1. The van der Waals surface area contributed by atoms with Crippen LogP contribution in [0.5, 0.6) is 0 Å². The van der Waals surface area contributed by atoms with E-state index >= 15 is 0 Å². The van der Waals surface area contributed by atoms with Gasteiger partial charge in [0.25, 0.3) is 0 Å². The lowest BCUT2D eigenvalue weighted by atomic mass is 10.1. The van der Waals surface area contributed by atoms with Crippen LogP contribution in [0.15, 0.2) is 30.5 Å². The summed E-state index contributed by atoms with van der Waals surface area (Å²) in [6.45, 7) is 2.76. The van der Waals surface area contributed by atoms with Gasteiger partial charge >= 0.3 is 0 Å². The maximum Gasteiger partial charge on any atom is 0.223 e. The molecule has 0 saturated heterocycles. The molecule has 21 heavy (non-hydrogen) atoms. The molecule has 2 N–H and O–H groups in total. The summed E-state index contributed by atoms with van der Waals surface area (Å²) in [5, 5.41) is 10.0. The molecule has 1 aliphatic rings. The lowest BCUT2D eigenvalue weighted by Crippen LogP contribution is -2.32. The molecule has 0 aliphatic heterocycles. The quantitative estimate of drug-likeness (QED) is 0.826. The number of carbonyl (C=O) groups excluding carboxylic acids is 1. The number of aryl methyl sites for hydroxylation is 2. The summed E-state index contributed by atoms with van der Waals surface area (Å²) in [5.74, 6) is 0.299. The maximum absolute atomic E-state index is 12.2. The molecule has 0 fully saturated rings. The van der Waals surface area contributed by atoms with Crippen molar-refractivity contribution >= 4 is 5.91 Å². The number of hydrogen-bond acceptors (Lipinski definition) is 2. The van der Waals surface area contributed by atoms with Crippen LogP contribution in [0, 0.1) is 12.8 Å². The Morgan fingerprint density at radius 2 is 2.05 bits per heavy atom. The number of amides is 1. The van der Waals surface area contributed by atoms with E-state index in [2.05, 4.69) is 27.6 Å². The topological polar surface area (TPSA) is 57.8 Å². The van der Waals surface area contributed by atoms with E-state index in [1.54, 1.807) is 0 Å². The molecule has 1 amide bonds. The highest BCUT2D eigenvalue weighted by molar-refractivity contribution is 5.80. The van der Waals surface area contributed by atoms with Crippen molar-refractivity contribution in [2.75, 3.05) is 6.54 Å². The molecule has 1 aromatic heterocycles. The zero-order valence-corrected chi connectivity index (χ0v) is 12.4. The van der Waals surface area contributed by atoms with Crippen LogP contribution >= 0.6 is 0 Å². The Bertz CT molecular complexity index is 607. The van der Waals surface area contributed by atoms with Crippen LogP contribution in [0.2, 0.25) is 0 Å². The zero-order chi connectivity index (χ0) is 14.7. The fourth-order valence-corrected chi connectivity index (χ4v) is 3.01. The molecule has 1 heterocycles. The highest BCUT2D eigenvalue weighted by atomic mass is 16.1. The molecule has 4 heteroatoms. The van der Waals surface area contributed by atoms with Crippen LogP contribution < -0.4 is 5.32 Å². The van der Waals surface area contributed by atoms with Gasteiger partial charge in [-0.15, -0.1) is 0 Å². The smallest absolute Gasteiger partial charge is 0.223 e. The van der Waals surface area contributed by atoms with E-state index < -0.39 is 0 Å². The number of hydrogen-bond donors (Lipinski definition) is 2. The van der Waals surface area contributed by atoms with Gasteiger partial charge in [0.2, 0.25) is 5.91 Å². The van der Waals surface area contributed by atoms with Gasteiger partial charge < -0.3 is 5.32 Å². The average molecular weight is 283 g/mol. The minimum absolute atomic E-state index is 0.109. The molecule has 110 valence electrons. The summed E-state index contributed by atoms with van der Waals surface area (Å²) in [5.41, 5.74) is 5.00. The standard InChI is InChI=1S/C17H21N3O/c1-12-15(11-19-20-12)7-4-8-18-17(21)16-9-13-5-2-3-6-14(13)10-16/h2-3,5-6,11,16H,4,7-10H2,1H3,(H,18,21)(H,19,20). The summed E-state index contributed by atoms with van der Waals surface area (Å²) in [6, 6.07) is 8.35. The summed E-state index contributed by atoms with van der Waals surface area (Å²) in [4.78, 5) is 12.2. The second-order valence-electron chi connectivity index (χ2n) is 5.79. The normalized spacial score (nSPS) is 14.1. The Morgan fingerprint density at radius 1 is 1.33 bits per heavy atom. The van der Waals surface area contributed by atoms with E-state index in [9.17, 15) is 4.79 Å². The van der Waals surface area contributed by atoms with Gasteiger partial charge in [-0.25, -0.2) is 0 Å². The van der Waals surface area contributed by atoms with Crippen LogP contribution in [0.25, 0.3) is 0 Å². The number of aromatic amines is 1. The first-order chi connectivity index (χ1) is 10.2. The molecule has 0 radical (unpaired) electrons. The molecule has 0 unspecified atom stereocenters. The van der Waals surface area contributed by atoms with Crippen molar-refractivity contribution in [3.63, 3.8) is 0 Å². The van der Waals surface area contributed by atoms with Gasteiger partial charge in [-0.2, -0.15) is 5.10 Å². The fraction of sp³-hybridized carbons (Fsp3) is 0.412. The lowest BCUT2D eigenvalue weighted by Gasteiger charge is -2.10. The molecule has 0 spiro atoms. The van der Waals surface area contributed by atoms with Gasteiger partial charge in [-0.1, -0.05) is 24.3 Å². The van der Waals surface area contributed by atoms with Gasteiger partial charge in [0.05, 0.1) is 6.20 Å². The Hall–Kier alpha value is -2.10. The molecular weight excluding hydrogens is 262 g/mol. The van der Waals surface area contributed by atoms with Crippen molar-refractivity contribution < 1.29 is 4.79 Å². The molecule has 1 aliphatic carbocycles. The average Bonchev–Trinajstić information content (AvgIpc) is 3.09. The number of aromatic nitrogens is 2. The van der Waals surface area contributed by atoms with E-state index in [1.807, 2.05) is 25.3 Å². The van der Waals surface area contributed by atoms with Crippen molar-refractivity contribution in [2.45, 2.75) is 32.6 Å². The SMILES string of the molecule is Cc1[nH]ncc1CCCNC(=O)C1Cc2ccccc2C1. The second kappa shape index (κ2) is 6.12. The zero-order valence-electron chi connectivity index (χ0n) is 12.4. The van der Waals surface area contributed by atoms with Gasteiger partial charge in [-0.3, -0.25) is 9.89 Å². The van der Waals surface area contributed by atoms with Gasteiger partial charge in [-0.05, 0) is 49.3 Å². The third-order valence-electron chi connectivity index (χ3n) is 4.28. The van der Waals surface area contributed by atoms with E-state index in [1.165, 1.54) is 16.7 Å². The van der Waals surface area contributed by atoms with Gasteiger partial charge in [0, 0.05) is 18.2 Å². The van der Waals surface area contributed by atoms with E-state index in [4.69, 9.17) is 0 Å². The van der Waals surface area contributed by atoms with Crippen LogP contribution in [-0.4, -0.2) is 22.6 Å². The number of carbonyl (C=O) groups is 1. The second-order valence-corrected chi connectivity index (χ2v) is 5.79. The Balaban J connectivity index is 1.43. The first kappa shape index (κ1) is 13.9. The first-order valence-electron chi connectivity index (χ1n) is 7.57. The minimum Gasteiger partial charge on any atom is -0.356 e. The Kier molecular flexibility index (Phi) is 4.04. The molecule has 1 aromatic carbocycles. The maximum atomic E-state index is 12.2. The van der Waals surface area contributed by atoms with Crippen LogP contribution in [0.3, 0.4) is 0 Å². The van der Waals surface area contributed by atoms with Crippen LogP contribution in [-0.2, 0) is 24.1 Å². The fourth-order valence-electron chi connectivity index (χ4n) is 3.01. The van der Waals surface area contributed by atoms with Gasteiger partial charge in [0.1, 0.15) is 0 Å². The van der Waals surface area contributed by atoms with Crippen LogP contribution in [0.4, 0.5) is 0 Å². The molecule has 4 nitrogen and oxygen atoms in total. The highest BCUT2D eigenvalue weighted by Gasteiger charge is 2.26. The summed E-state index contributed by atoms with van der Waals surface area (Å²) < 4.78 is 0. The summed E-state index contributed by atoms with van der Waals surface area (Å²) in [6.07, 6.45) is 5.52. The first-order valence-corrected chi connectivity index (χ1v) is 7.57. The van der Waals surface area contributed by atoms with Crippen molar-refractivity contribution in [1.82, 2.24) is 15.5 Å². The highest BCUT2D eigenvalue weighted by Crippen LogP contribution is 2.26.